The number of pyridine rings is 1. The fourth-order valence-electron chi connectivity index (χ4n) is 3.48. The molecule has 142 valence electrons. The Morgan fingerprint density at radius 2 is 2.15 bits per heavy atom. The second-order valence-corrected chi connectivity index (χ2v) is 7.04. The SMILES string of the molecule is CC(N/C=C(/CN1CCC(c2cccc(O)c2)CC1)N=N)c1ccccn1. The first-order valence-corrected chi connectivity index (χ1v) is 9.40. The third kappa shape index (κ3) is 5.37. The summed E-state index contributed by atoms with van der Waals surface area (Å²) in [6.45, 7) is 4.63. The summed E-state index contributed by atoms with van der Waals surface area (Å²) >= 11 is 0. The lowest BCUT2D eigenvalue weighted by atomic mass is 9.89. The van der Waals surface area contributed by atoms with Crippen LogP contribution in [0.4, 0.5) is 0 Å². The van der Waals surface area contributed by atoms with E-state index < -0.39 is 0 Å². The van der Waals surface area contributed by atoms with Crippen LogP contribution in [0, 0.1) is 5.53 Å². The van der Waals surface area contributed by atoms with Crippen LogP contribution in [0.2, 0.25) is 0 Å². The number of nitrogens with zero attached hydrogens (tertiary/aromatic N) is 3. The van der Waals surface area contributed by atoms with Gasteiger partial charge in [-0.2, -0.15) is 5.11 Å². The van der Waals surface area contributed by atoms with Crippen molar-refractivity contribution in [2.45, 2.75) is 31.7 Å². The molecule has 1 aliphatic rings. The highest BCUT2D eigenvalue weighted by Crippen LogP contribution is 2.30. The third-order valence-corrected chi connectivity index (χ3v) is 5.09. The number of hydrogen-bond acceptors (Lipinski definition) is 6. The summed E-state index contributed by atoms with van der Waals surface area (Å²) in [6.07, 6.45) is 5.70. The van der Waals surface area contributed by atoms with Crippen LogP contribution in [0.3, 0.4) is 0 Å². The fourth-order valence-corrected chi connectivity index (χ4v) is 3.48. The van der Waals surface area contributed by atoms with Gasteiger partial charge in [0.25, 0.3) is 0 Å². The highest BCUT2D eigenvalue weighted by atomic mass is 16.3. The van der Waals surface area contributed by atoms with Gasteiger partial charge in [-0.25, -0.2) is 5.53 Å². The quantitative estimate of drug-likeness (QED) is 0.642. The van der Waals surface area contributed by atoms with E-state index in [-0.39, 0.29) is 6.04 Å². The van der Waals surface area contributed by atoms with Crippen LogP contribution in [0.25, 0.3) is 0 Å². The molecule has 1 aromatic carbocycles. The lowest BCUT2D eigenvalue weighted by molar-refractivity contribution is 0.226. The fraction of sp³-hybridized carbons (Fsp3) is 0.381. The largest absolute Gasteiger partial charge is 0.508 e. The second kappa shape index (κ2) is 9.28. The molecule has 6 heteroatoms. The summed E-state index contributed by atoms with van der Waals surface area (Å²) in [5.74, 6) is 0.817. The van der Waals surface area contributed by atoms with Crippen molar-refractivity contribution in [3.63, 3.8) is 0 Å². The standard InChI is InChI=1S/C21H27N5O/c1-16(21-7-2-3-10-23-21)24-14-19(25-22)15-26-11-8-17(9-12-26)18-5-4-6-20(27)13-18/h2-7,10,13-14,16-17,22,24,27H,8-9,11-12,15H2,1H3/b19-14-,25-22?. The second-order valence-electron chi connectivity index (χ2n) is 7.04. The summed E-state index contributed by atoms with van der Waals surface area (Å²) in [7, 11) is 0. The molecule has 3 N–H and O–H groups in total. The molecule has 1 fully saturated rings. The Kier molecular flexibility index (Phi) is 6.54. The molecule has 1 atom stereocenters. The first kappa shape index (κ1) is 19.0. The van der Waals surface area contributed by atoms with Crippen LogP contribution in [-0.2, 0) is 0 Å². The van der Waals surface area contributed by atoms with Gasteiger partial charge in [0.1, 0.15) is 5.75 Å². The molecule has 0 amide bonds. The van der Waals surface area contributed by atoms with Gasteiger partial charge < -0.3 is 10.4 Å². The number of hydrogen-bond donors (Lipinski definition) is 3. The number of aromatic nitrogens is 1. The van der Waals surface area contributed by atoms with E-state index in [1.165, 1.54) is 5.56 Å². The highest BCUT2D eigenvalue weighted by Gasteiger charge is 2.21. The van der Waals surface area contributed by atoms with Gasteiger partial charge in [0, 0.05) is 18.9 Å². The zero-order valence-corrected chi connectivity index (χ0v) is 15.7. The number of likely N-dealkylation sites (tertiary alicyclic amines) is 1. The molecule has 0 bridgehead atoms. The Hall–Kier alpha value is -2.73. The van der Waals surface area contributed by atoms with E-state index >= 15 is 0 Å². The molecule has 3 rings (SSSR count). The molecule has 0 radical (unpaired) electrons. The lowest BCUT2D eigenvalue weighted by Crippen LogP contribution is -2.34. The number of benzene rings is 1. The average Bonchev–Trinajstić information content (AvgIpc) is 2.72. The minimum atomic E-state index is 0.0689. The van der Waals surface area contributed by atoms with Crippen LogP contribution >= 0.6 is 0 Å². The molecule has 0 spiro atoms. The highest BCUT2D eigenvalue weighted by molar-refractivity contribution is 5.30. The van der Waals surface area contributed by atoms with Gasteiger partial charge in [0.15, 0.2) is 0 Å². The van der Waals surface area contributed by atoms with Gasteiger partial charge in [-0.15, -0.1) is 0 Å². The smallest absolute Gasteiger partial charge is 0.115 e. The monoisotopic (exact) mass is 365 g/mol. The number of aromatic hydroxyl groups is 1. The molecule has 0 aliphatic carbocycles. The zero-order valence-electron chi connectivity index (χ0n) is 15.7. The van der Waals surface area contributed by atoms with Crippen molar-refractivity contribution in [3.8, 4) is 5.75 Å². The van der Waals surface area contributed by atoms with Gasteiger partial charge in [-0.1, -0.05) is 18.2 Å². The van der Waals surface area contributed by atoms with Gasteiger partial charge in [0.05, 0.1) is 17.4 Å². The third-order valence-electron chi connectivity index (χ3n) is 5.09. The van der Waals surface area contributed by atoms with Crippen LogP contribution in [0.1, 0.15) is 43.0 Å². The van der Waals surface area contributed by atoms with Crippen molar-refractivity contribution < 1.29 is 5.11 Å². The van der Waals surface area contributed by atoms with Crippen molar-refractivity contribution in [2.75, 3.05) is 19.6 Å². The summed E-state index contributed by atoms with van der Waals surface area (Å²) in [6, 6.07) is 13.5. The number of rotatable bonds is 7. The normalized spacial score (nSPS) is 17.4. The van der Waals surface area contributed by atoms with Crippen molar-refractivity contribution in [1.82, 2.24) is 15.2 Å². The van der Waals surface area contributed by atoms with Gasteiger partial charge in [0.2, 0.25) is 0 Å². The molecular formula is C21H27N5O. The Bertz CT molecular complexity index is 769. The molecule has 2 aromatic rings. The molecule has 27 heavy (non-hydrogen) atoms. The minimum Gasteiger partial charge on any atom is -0.508 e. The molecule has 1 aromatic heterocycles. The molecule has 1 unspecified atom stereocenters. The Labute approximate surface area is 160 Å². The van der Waals surface area contributed by atoms with E-state index in [4.69, 9.17) is 5.53 Å². The lowest BCUT2D eigenvalue weighted by Gasteiger charge is -2.32. The number of phenols is 1. The van der Waals surface area contributed by atoms with Crippen molar-refractivity contribution in [3.05, 3.63) is 71.8 Å². The summed E-state index contributed by atoms with van der Waals surface area (Å²) in [5, 5.41) is 16.6. The molecule has 1 saturated heterocycles. The Balaban J connectivity index is 1.51. The first-order valence-electron chi connectivity index (χ1n) is 9.40. The van der Waals surface area contributed by atoms with Crippen LogP contribution in [-0.4, -0.2) is 34.6 Å². The average molecular weight is 365 g/mol. The van der Waals surface area contributed by atoms with E-state index in [1.807, 2.05) is 43.5 Å². The minimum absolute atomic E-state index is 0.0689. The van der Waals surface area contributed by atoms with Gasteiger partial charge in [-0.3, -0.25) is 9.88 Å². The van der Waals surface area contributed by atoms with Gasteiger partial charge in [-0.05, 0) is 68.6 Å². The molecule has 2 heterocycles. The van der Waals surface area contributed by atoms with Crippen LogP contribution in [0.15, 0.2) is 65.7 Å². The molecule has 6 nitrogen and oxygen atoms in total. The maximum absolute atomic E-state index is 9.67. The molecule has 1 aliphatic heterocycles. The van der Waals surface area contributed by atoms with Crippen molar-refractivity contribution in [1.29, 1.82) is 5.53 Å². The van der Waals surface area contributed by atoms with E-state index in [1.54, 1.807) is 12.3 Å². The van der Waals surface area contributed by atoms with E-state index in [9.17, 15) is 5.11 Å². The Morgan fingerprint density at radius 3 is 2.81 bits per heavy atom. The van der Waals surface area contributed by atoms with E-state index in [0.717, 1.165) is 31.6 Å². The van der Waals surface area contributed by atoms with E-state index in [0.29, 0.717) is 23.9 Å². The summed E-state index contributed by atoms with van der Waals surface area (Å²) in [4.78, 5) is 6.67. The zero-order chi connectivity index (χ0) is 19.1. The number of phenolic OH excluding ortho intramolecular Hbond substituents is 1. The maximum Gasteiger partial charge on any atom is 0.115 e. The Morgan fingerprint density at radius 1 is 1.33 bits per heavy atom. The predicted octanol–water partition coefficient (Wildman–Crippen LogP) is 4.19. The summed E-state index contributed by atoms with van der Waals surface area (Å²) < 4.78 is 0. The van der Waals surface area contributed by atoms with Crippen LogP contribution in [0.5, 0.6) is 5.75 Å². The molecular weight excluding hydrogens is 338 g/mol. The van der Waals surface area contributed by atoms with Crippen molar-refractivity contribution >= 4 is 0 Å². The summed E-state index contributed by atoms with van der Waals surface area (Å²) in [5.41, 5.74) is 10.4. The topological polar surface area (TPSA) is 84.6 Å². The molecule has 0 saturated carbocycles. The maximum atomic E-state index is 9.67. The number of nitrogens with one attached hydrogen (secondary N) is 2. The number of piperidine rings is 1. The van der Waals surface area contributed by atoms with Crippen molar-refractivity contribution in [2.24, 2.45) is 5.11 Å². The first-order chi connectivity index (χ1) is 13.2. The van der Waals surface area contributed by atoms with Gasteiger partial charge >= 0.3 is 0 Å². The van der Waals surface area contributed by atoms with Crippen LogP contribution < -0.4 is 5.32 Å². The predicted molar refractivity (Wildman–Crippen MR) is 106 cm³/mol. The van der Waals surface area contributed by atoms with E-state index in [2.05, 4.69) is 26.4 Å².